The summed E-state index contributed by atoms with van der Waals surface area (Å²) in [7, 11) is 0. The number of nitriles is 1. The molecule has 1 aliphatic heterocycles. The van der Waals surface area contributed by atoms with Crippen molar-refractivity contribution in [2.75, 3.05) is 0 Å². The number of ether oxygens (including phenoxy) is 3. The molecule has 0 saturated heterocycles. The van der Waals surface area contributed by atoms with E-state index >= 15 is 0 Å². The van der Waals surface area contributed by atoms with Gasteiger partial charge in [-0.2, -0.15) is 5.26 Å². The number of fused-ring (bicyclic) bond motifs is 2. The third-order valence-electron chi connectivity index (χ3n) is 6.65. The van der Waals surface area contributed by atoms with Gasteiger partial charge in [0.2, 0.25) is 5.88 Å². The summed E-state index contributed by atoms with van der Waals surface area (Å²) in [5, 5.41) is 11.7. The number of benzene rings is 4. The normalized spacial score (nSPS) is 14.2. The van der Waals surface area contributed by atoms with Crippen LogP contribution in [0.15, 0.2) is 102 Å². The average molecular weight is 599 g/mol. The average Bonchev–Trinajstić information content (AvgIpc) is 3.33. The summed E-state index contributed by atoms with van der Waals surface area (Å²) < 4.78 is 18.2. The molecule has 4 aromatic carbocycles. The first kappa shape index (κ1) is 26.7. The number of hydrogen-bond acceptors (Lipinski definition) is 7. The molecule has 9 heteroatoms. The summed E-state index contributed by atoms with van der Waals surface area (Å²) >= 11 is 13.7. The van der Waals surface area contributed by atoms with Crippen molar-refractivity contribution in [2.24, 2.45) is 5.73 Å². The molecular weight excluding hydrogens is 579 g/mol. The van der Waals surface area contributed by atoms with Crippen LogP contribution in [0.1, 0.15) is 32.3 Å². The van der Waals surface area contributed by atoms with Crippen molar-refractivity contribution in [3.05, 3.63) is 134 Å². The Bertz CT molecular complexity index is 1860. The van der Waals surface area contributed by atoms with Crippen LogP contribution in [-0.2, 0) is 6.61 Å². The van der Waals surface area contributed by atoms with E-state index in [1.165, 1.54) is 11.3 Å². The van der Waals surface area contributed by atoms with Crippen molar-refractivity contribution in [1.29, 1.82) is 5.26 Å². The highest BCUT2D eigenvalue weighted by Gasteiger charge is 2.31. The van der Waals surface area contributed by atoms with Crippen LogP contribution in [0.3, 0.4) is 0 Å². The molecule has 0 saturated carbocycles. The van der Waals surface area contributed by atoms with Gasteiger partial charge < -0.3 is 19.9 Å². The lowest BCUT2D eigenvalue weighted by Gasteiger charge is -2.26. The highest BCUT2D eigenvalue weighted by Crippen LogP contribution is 2.44. The minimum absolute atomic E-state index is 0.0101. The maximum Gasteiger partial charge on any atom is 0.355 e. The number of thiophene rings is 1. The zero-order valence-corrected chi connectivity index (χ0v) is 23.6. The van der Waals surface area contributed by atoms with Crippen LogP contribution in [0, 0.1) is 11.3 Å². The van der Waals surface area contributed by atoms with E-state index in [-0.39, 0.29) is 17.2 Å². The largest absolute Gasteiger partial charge is 0.489 e. The topological polar surface area (TPSA) is 94.6 Å². The fraction of sp³-hybridized carbons (Fsp3) is 0.0625. The molecule has 1 unspecified atom stereocenters. The molecular formula is C32H20Cl2N2O4S. The molecule has 2 heterocycles. The Morgan fingerprint density at radius 3 is 2.44 bits per heavy atom. The number of halogens is 2. The van der Waals surface area contributed by atoms with Gasteiger partial charge in [0.15, 0.2) is 0 Å². The molecule has 0 bridgehead atoms. The first-order chi connectivity index (χ1) is 19.9. The van der Waals surface area contributed by atoms with Crippen molar-refractivity contribution in [3.8, 4) is 23.3 Å². The molecule has 2 N–H and O–H groups in total. The minimum atomic E-state index is -0.570. The standard InChI is InChI=1S/C32H20Cl2N2O4S/c33-20-9-5-18(6-10-20)17-38-21-11-7-19(8-12-21)28-23-14-13-22(15-26(23)40-31(36)25(28)16-35)39-32(37)30-29(34)24-3-1-2-4-27(24)41-30/h1-15,28H,17,36H2. The predicted molar refractivity (Wildman–Crippen MR) is 160 cm³/mol. The van der Waals surface area contributed by atoms with E-state index < -0.39 is 11.9 Å². The van der Waals surface area contributed by atoms with Crippen LogP contribution < -0.4 is 19.9 Å². The molecule has 1 aliphatic rings. The van der Waals surface area contributed by atoms with Crippen LogP contribution in [0.2, 0.25) is 10.0 Å². The molecule has 6 rings (SSSR count). The summed E-state index contributed by atoms with van der Waals surface area (Å²) in [6, 6.07) is 29.6. The molecule has 202 valence electrons. The second-order valence-electron chi connectivity index (χ2n) is 9.24. The Hall–Kier alpha value is -4.48. The Morgan fingerprint density at radius 1 is 0.976 bits per heavy atom. The number of nitrogens with two attached hydrogens (primary N) is 1. The van der Waals surface area contributed by atoms with Gasteiger partial charge in [-0.05, 0) is 47.5 Å². The fourth-order valence-electron chi connectivity index (χ4n) is 4.64. The first-order valence-electron chi connectivity index (χ1n) is 12.5. The molecule has 0 fully saturated rings. The van der Waals surface area contributed by atoms with Gasteiger partial charge in [-0.15, -0.1) is 11.3 Å². The predicted octanol–water partition coefficient (Wildman–Crippen LogP) is 8.22. The van der Waals surface area contributed by atoms with Crippen molar-refractivity contribution in [2.45, 2.75) is 12.5 Å². The van der Waals surface area contributed by atoms with Gasteiger partial charge >= 0.3 is 5.97 Å². The summed E-state index contributed by atoms with van der Waals surface area (Å²) in [4.78, 5) is 13.3. The van der Waals surface area contributed by atoms with Gasteiger partial charge in [0, 0.05) is 26.7 Å². The minimum Gasteiger partial charge on any atom is -0.489 e. The third kappa shape index (κ3) is 5.33. The van der Waals surface area contributed by atoms with Gasteiger partial charge in [-0.25, -0.2) is 4.79 Å². The molecule has 0 spiro atoms. The van der Waals surface area contributed by atoms with Gasteiger partial charge in [0.05, 0.1) is 10.9 Å². The van der Waals surface area contributed by atoms with Gasteiger partial charge in [0.25, 0.3) is 0 Å². The number of carbonyl (C=O) groups is 1. The van der Waals surface area contributed by atoms with Gasteiger partial charge in [-0.1, -0.05) is 71.7 Å². The Labute approximate surface area is 249 Å². The lowest BCUT2D eigenvalue weighted by molar-refractivity contribution is 0.0740. The van der Waals surface area contributed by atoms with E-state index in [4.69, 9.17) is 43.1 Å². The van der Waals surface area contributed by atoms with E-state index in [9.17, 15) is 10.1 Å². The zero-order valence-electron chi connectivity index (χ0n) is 21.3. The second-order valence-corrected chi connectivity index (χ2v) is 11.1. The highest BCUT2D eigenvalue weighted by atomic mass is 35.5. The number of hydrogen-bond donors (Lipinski definition) is 1. The lowest BCUT2D eigenvalue weighted by atomic mass is 9.83. The van der Waals surface area contributed by atoms with E-state index in [2.05, 4.69) is 6.07 Å². The summed E-state index contributed by atoms with van der Waals surface area (Å²) in [5.74, 6) is 0.273. The third-order valence-corrected chi connectivity index (χ3v) is 8.56. The van der Waals surface area contributed by atoms with Crippen molar-refractivity contribution >= 4 is 50.6 Å². The molecule has 0 amide bonds. The smallest absolute Gasteiger partial charge is 0.355 e. The van der Waals surface area contributed by atoms with Gasteiger partial charge in [-0.3, -0.25) is 0 Å². The fourth-order valence-corrected chi connectivity index (χ4v) is 6.16. The van der Waals surface area contributed by atoms with E-state index in [0.29, 0.717) is 38.6 Å². The number of rotatable bonds is 6. The number of carbonyl (C=O) groups excluding carboxylic acids is 1. The second kappa shape index (κ2) is 11.2. The number of nitrogens with zero attached hydrogens (tertiary/aromatic N) is 1. The van der Waals surface area contributed by atoms with Crippen LogP contribution in [-0.4, -0.2) is 5.97 Å². The van der Waals surface area contributed by atoms with E-state index in [1.54, 1.807) is 18.2 Å². The highest BCUT2D eigenvalue weighted by molar-refractivity contribution is 7.21. The number of allylic oxidation sites excluding steroid dienone is 1. The van der Waals surface area contributed by atoms with E-state index in [1.807, 2.05) is 72.8 Å². The van der Waals surface area contributed by atoms with Gasteiger partial charge in [0.1, 0.15) is 40.4 Å². The molecule has 41 heavy (non-hydrogen) atoms. The number of esters is 1. The maximum absolute atomic E-state index is 13.0. The first-order valence-corrected chi connectivity index (χ1v) is 14.1. The molecule has 0 aliphatic carbocycles. The Balaban J connectivity index is 1.24. The molecule has 1 aromatic heterocycles. The van der Waals surface area contributed by atoms with E-state index in [0.717, 1.165) is 21.2 Å². The Kier molecular flexibility index (Phi) is 7.29. The quantitative estimate of drug-likeness (QED) is 0.156. The molecule has 6 nitrogen and oxygen atoms in total. The van der Waals surface area contributed by atoms with Crippen LogP contribution in [0.5, 0.6) is 17.2 Å². The van der Waals surface area contributed by atoms with Crippen LogP contribution >= 0.6 is 34.5 Å². The van der Waals surface area contributed by atoms with Crippen molar-refractivity contribution < 1.29 is 19.0 Å². The summed E-state index contributed by atoms with van der Waals surface area (Å²) in [6.07, 6.45) is 0. The summed E-state index contributed by atoms with van der Waals surface area (Å²) in [5.41, 5.74) is 8.99. The van der Waals surface area contributed by atoms with Crippen molar-refractivity contribution in [3.63, 3.8) is 0 Å². The Morgan fingerprint density at radius 2 is 1.71 bits per heavy atom. The van der Waals surface area contributed by atoms with Crippen LogP contribution in [0.4, 0.5) is 0 Å². The van der Waals surface area contributed by atoms with Crippen molar-refractivity contribution in [1.82, 2.24) is 0 Å². The maximum atomic E-state index is 13.0. The molecule has 5 aromatic rings. The SMILES string of the molecule is N#CC1=C(N)Oc2cc(OC(=O)c3sc4ccccc4c3Cl)ccc2C1c1ccc(OCc2ccc(Cl)cc2)cc1. The molecule has 0 radical (unpaired) electrons. The zero-order chi connectivity index (χ0) is 28.5. The molecule has 1 atom stereocenters. The van der Waals surface area contributed by atoms with Crippen LogP contribution in [0.25, 0.3) is 10.1 Å². The summed E-state index contributed by atoms with van der Waals surface area (Å²) in [6.45, 7) is 0.390. The lowest BCUT2D eigenvalue weighted by Crippen LogP contribution is -2.21. The monoisotopic (exact) mass is 598 g/mol.